The summed E-state index contributed by atoms with van der Waals surface area (Å²) in [6, 6.07) is 16.6. The minimum atomic E-state index is -0.0203. The standard InChI is InChI=1S/C37H38N2O6/c1-38-14-12-20-6-5-7-24-30(20)25(38)16-21-8-10-27(40)36(31(21)24)45-19-39-15-13-23-18-29(43-3)37(44-4)34-32(23)26(39)17-22-9-11-28(42-2)35(41)33(22)34/h5-11,18,25-26,40-41H,12-17,19H2,1-4H3. The van der Waals surface area contributed by atoms with E-state index in [1.54, 1.807) is 27.4 Å². The van der Waals surface area contributed by atoms with Crippen LogP contribution in [0.1, 0.15) is 45.5 Å². The third-order valence-corrected chi connectivity index (χ3v) is 10.4. The molecule has 8 rings (SSSR count). The Balaban J connectivity index is 1.20. The zero-order chi connectivity index (χ0) is 31.0. The first-order valence-corrected chi connectivity index (χ1v) is 15.6. The zero-order valence-electron chi connectivity index (χ0n) is 26.1. The van der Waals surface area contributed by atoms with E-state index in [1.807, 2.05) is 12.1 Å². The number of fused-ring (bicyclic) bond motifs is 4. The summed E-state index contributed by atoms with van der Waals surface area (Å²) in [6.07, 6.45) is 3.38. The molecule has 0 fully saturated rings. The maximum atomic E-state index is 11.4. The lowest BCUT2D eigenvalue weighted by Crippen LogP contribution is -2.41. The highest BCUT2D eigenvalue weighted by molar-refractivity contribution is 5.88. The summed E-state index contributed by atoms with van der Waals surface area (Å²) >= 11 is 0. The maximum Gasteiger partial charge on any atom is 0.171 e. The fourth-order valence-electron chi connectivity index (χ4n) is 8.27. The number of phenols is 2. The number of phenolic OH excluding ortho intramolecular Hbond substituents is 2. The lowest BCUT2D eigenvalue weighted by Gasteiger charge is -2.42. The molecule has 4 aliphatic rings. The number of benzene rings is 4. The number of likely N-dealkylation sites (N-methyl/N-ethyl adjacent to an activating group) is 1. The predicted molar refractivity (Wildman–Crippen MR) is 172 cm³/mol. The summed E-state index contributed by atoms with van der Waals surface area (Å²) in [4.78, 5) is 4.78. The molecule has 2 atom stereocenters. The Morgan fingerprint density at radius 1 is 0.711 bits per heavy atom. The van der Waals surface area contributed by atoms with Crippen LogP contribution in [-0.2, 0) is 25.7 Å². The van der Waals surface area contributed by atoms with Gasteiger partial charge in [-0.3, -0.25) is 9.80 Å². The van der Waals surface area contributed by atoms with Gasteiger partial charge in [-0.2, -0.15) is 0 Å². The van der Waals surface area contributed by atoms with Crippen LogP contribution in [0.25, 0.3) is 22.3 Å². The van der Waals surface area contributed by atoms with Crippen LogP contribution in [0.2, 0.25) is 0 Å². The second-order valence-electron chi connectivity index (χ2n) is 12.5. The third-order valence-electron chi connectivity index (χ3n) is 10.4. The molecule has 0 saturated heterocycles. The van der Waals surface area contributed by atoms with Crippen molar-refractivity contribution in [2.24, 2.45) is 0 Å². The Labute approximate surface area is 263 Å². The Hall–Kier alpha value is -4.40. The van der Waals surface area contributed by atoms with Crippen molar-refractivity contribution in [3.05, 3.63) is 81.9 Å². The molecule has 0 bridgehead atoms. The highest BCUT2D eigenvalue weighted by Gasteiger charge is 2.40. The number of methoxy groups -OCH3 is 3. The molecule has 2 aliphatic carbocycles. The van der Waals surface area contributed by atoms with Crippen molar-refractivity contribution in [3.8, 4) is 56.8 Å². The van der Waals surface area contributed by atoms with E-state index >= 15 is 0 Å². The molecule has 232 valence electrons. The van der Waals surface area contributed by atoms with E-state index in [4.69, 9.17) is 18.9 Å². The highest BCUT2D eigenvalue weighted by atomic mass is 16.5. The van der Waals surface area contributed by atoms with E-state index in [0.717, 1.165) is 65.7 Å². The molecule has 0 radical (unpaired) electrons. The molecule has 45 heavy (non-hydrogen) atoms. The van der Waals surface area contributed by atoms with Gasteiger partial charge in [0.25, 0.3) is 0 Å². The summed E-state index contributed by atoms with van der Waals surface area (Å²) in [6.45, 7) is 2.12. The number of nitrogens with zero attached hydrogens (tertiary/aromatic N) is 2. The van der Waals surface area contributed by atoms with Crippen LogP contribution < -0.4 is 18.9 Å². The normalized spacial score (nSPS) is 19.6. The Kier molecular flexibility index (Phi) is 6.62. The van der Waals surface area contributed by atoms with Gasteiger partial charge in [-0.1, -0.05) is 30.3 Å². The molecule has 2 aliphatic heterocycles. The number of rotatable bonds is 6. The van der Waals surface area contributed by atoms with Crippen LogP contribution in [0.4, 0.5) is 0 Å². The van der Waals surface area contributed by atoms with E-state index in [9.17, 15) is 10.2 Å². The summed E-state index contributed by atoms with van der Waals surface area (Å²) in [5, 5.41) is 22.6. The van der Waals surface area contributed by atoms with E-state index in [2.05, 4.69) is 47.2 Å². The van der Waals surface area contributed by atoms with Gasteiger partial charge in [-0.25, -0.2) is 0 Å². The van der Waals surface area contributed by atoms with Gasteiger partial charge in [0.1, 0.15) is 6.73 Å². The van der Waals surface area contributed by atoms with Gasteiger partial charge in [0.15, 0.2) is 34.5 Å². The Morgan fingerprint density at radius 3 is 2.27 bits per heavy atom. The molecule has 2 unspecified atom stereocenters. The molecule has 0 amide bonds. The fourth-order valence-corrected chi connectivity index (χ4v) is 8.27. The van der Waals surface area contributed by atoms with Gasteiger partial charge in [0.2, 0.25) is 0 Å². The molecule has 4 aromatic carbocycles. The van der Waals surface area contributed by atoms with Crippen molar-refractivity contribution < 1.29 is 29.2 Å². The van der Waals surface area contributed by atoms with Crippen LogP contribution in [0, 0.1) is 0 Å². The first kappa shape index (κ1) is 28.1. The molecule has 8 heteroatoms. The van der Waals surface area contributed by atoms with Crippen molar-refractivity contribution in [3.63, 3.8) is 0 Å². The van der Waals surface area contributed by atoms with Gasteiger partial charge in [-0.05, 0) is 89.9 Å². The van der Waals surface area contributed by atoms with Crippen molar-refractivity contribution >= 4 is 0 Å². The second-order valence-corrected chi connectivity index (χ2v) is 12.5. The molecule has 2 N–H and O–H groups in total. The van der Waals surface area contributed by atoms with E-state index in [-0.39, 0.29) is 17.5 Å². The third kappa shape index (κ3) is 4.12. The molecular weight excluding hydrogens is 568 g/mol. The van der Waals surface area contributed by atoms with Gasteiger partial charge < -0.3 is 29.2 Å². The minimum absolute atomic E-state index is 0.0203. The summed E-state index contributed by atoms with van der Waals surface area (Å²) < 4.78 is 23.9. The zero-order valence-corrected chi connectivity index (χ0v) is 26.1. The van der Waals surface area contributed by atoms with Crippen molar-refractivity contribution in [2.75, 3.05) is 48.2 Å². The monoisotopic (exact) mass is 606 g/mol. The maximum absolute atomic E-state index is 11.4. The van der Waals surface area contributed by atoms with Gasteiger partial charge in [0.05, 0.1) is 21.3 Å². The van der Waals surface area contributed by atoms with Crippen molar-refractivity contribution in [1.29, 1.82) is 0 Å². The largest absolute Gasteiger partial charge is 0.504 e. The average Bonchev–Trinajstić information content (AvgIpc) is 3.06. The Bertz CT molecular complexity index is 1850. The minimum Gasteiger partial charge on any atom is -0.504 e. The van der Waals surface area contributed by atoms with Crippen LogP contribution >= 0.6 is 0 Å². The summed E-state index contributed by atoms with van der Waals surface area (Å²) in [7, 11) is 7.05. The SMILES string of the molecule is COc1ccc2c(c1O)-c1c(OC)c(OC)cc3c1C(C2)N(COc1c(O)ccc2c1-c1cccc4c1C(C2)N(C)CC4)CC3. The Morgan fingerprint density at radius 2 is 1.47 bits per heavy atom. The average molecular weight is 607 g/mol. The molecule has 0 saturated carbocycles. The smallest absolute Gasteiger partial charge is 0.171 e. The van der Waals surface area contributed by atoms with Crippen LogP contribution in [0.15, 0.2) is 48.5 Å². The lowest BCUT2D eigenvalue weighted by molar-refractivity contribution is 0.0739. The number of hydrogen-bond donors (Lipinski definition) is 2. The van der Waals surface area contributed by atoms with Crippen molar-refractivity contribution in [2.45, 2.75) is 37.8 Å². The van der Waals surface area contributed by atoms with Crippen LogP contribution in [-0.4, -0.2) is 68.2 Å². The topological polar surface area (TPSA) is 83.9 Å². The predicted octanol–water partition coefficient (Wildman–Crippen LogP) is 6.03. The second kappa shape index (κ2) is 10.6. The van der Waals surface area contributed by atoms with Crippen LogP contribution in [0.5, 0.6) is 34.5 Å². The van der Waals surface area contributed by atoms with Gasteiger partial charge in [-0.15, -0.1) is 0 Å². The number of hydrogen-bond acceptors (Lipinski definition) is 8. The quantitative estimate of drug-likeness (QED) is 0.275. The van der Waals surface area contributed by atoms with E-state index in [1.165, 1.54) is 22.3 Å². The molecule has 2 heterocycles. The molecule has 8 nitrogen and oxygen atoms in total. The van der Waals surface area contributed by atoms with Gasteiger partial charge >= 0.3 is 0 Å². The lowest BCUT2D eigenvalue weighted by atomic mass is 9.76. The fraction of sp³-hybridized carbons (Fsp3) is 0.351. The molecule has 0 aromatic heterocycles. The van der Waals surface area contributed by atoms with E-state index < -0.39 is 0 Å². The summed E-state index contributed by atoms with van der Waals surface area (Å²) in [5.74, 6) is 2.46. The first-order chi connectivity index (χ1) is 21.9. The van der Waals surface area contributed by atoms with Crippen LogP contribution in [0.3, 0.4) is 0 Å². The number of aromatic hydroxyl groups is 2. The highest BCUT2D eigenvalue weighted by Crippen LogP contribution is 2.57. The van der Waals surface area contributed by atoms with E-state index in [0.29, 0.717) is 42.2 Å². The molecular formula is C37H38N2O6. The summed E-state index contributed by atoms with van der Waals surface area (Å²) in [5.41, 5.74) is 11.0. The first-order valence-electron chi connectivity index (χ1n) is 15.6. The van der Waals surface area contributed by atoms with Crippen molar-refractivity contribution in [1.82, 2.24) is 9.80 Å². The molecule has 4 aromatic rings. The van der Waals surface area contributed by atoms with Gasteiger partial charge in [0, 0.05) is 41.9 Å². The molecule has 0 spiro atoms. The number of ether oxygens (including phenoxy) is 4.